The molecule has 2 saturated heterocycles. The van der Waals surface area contributed by atoms with Gasteiger partial charge in [0.05, 0.1) is 19.7 Å². The molecular formula is C19H29N3O3. The van der Waals surface area contributed by atoms with Gasteiger partial charge in [0, 0.05) is 25.7 Å². The number of morpholine rings is 1. The first kappa shape index (κ1) is 17.0. The Bertz CT molecular complexity index is 578. The molecule has 0 radical (unpaired) electrons. The van der Waals surface area contributed by atoms with E-state index in [-0.39, 0.29) is 23.5 Å². The van der Waals surface area contributed by atoms with Gasteiger partial charge >= 0.3 is 0 Å². The van der Waals surface area contributed by atoms with E-state index in [1.165, 1.54) is 19.3 Å². The van der Waals surface area contributed by atoms with Gasteiger partial charge in [-0.15, -0.1) is 0 Å². The summed E-state index contributed by atoms with van der Waals surface area (Å²) in [4.78, 5) is 29.0. The molecule has 6 heteroatoms. The number of allylic oxidation sites excluding steroid dienone is 1. The number of ether oxygens (including phenoxy) is 1. The third kappa shape index (κ3) is 3.47. The maximum absolute atomic E-state index is 12.6. The van der Waals surface area contributed by atoms with Crippen molar-refractivity contribution in [3.8, 4) is 0 Å². The Labute approximate surface area is 149 Å². The second kappa shape index (κ2) is 6.72. The molecule has 0 unspecified atom stereocenters. The standard InChI is InChI=1S/C19H29N3O3/c1-20-17(23)16-10-25-19(11-21(16)9-14-7-8-14)12-22(13-19)18(24)15-5-3-2-4-6-15/h5,14,16H,2-4,6-13H2,1H3,(H,20,23)/t16-/m1/s1. The predicted molar refractivity (Wildman–Crippen MR) is 94.0 cm³/mol. The quantitative estimate of drug-likeness (QED) is 0.822. The zero-order chi connectivity index (χ0) is 17.4. The number of carbonyl (C=O) groups excluding carboxylic acids is 2. The lowest BCUT2D eigenvalue weighted by molar-refractivity contribution is -0.203. The fourth-order valence-corrected chi connectivity index (χ4v) is 4.34. The Balaban J connectivity index is 1.38. The number of nitrogens with zero attached hydrogens (tertiary/aromatic N) is 2. The van der Waals surface area contributed by atoms with Crippen molar-refractivity contribution in [2.24, 2.45) is 5.92 Å². The molecule has 25 heavy (non-hydrogen) atoms. The lowest BCUT2D eigenvalue weighted by Gasteiger charge is -2.55. The van der Waals surface area contributed by atoms with Crippen LogP contribution in [0.15, 0.2) is 11.6 Å². The summed E-state index contributed by atoms with van der Waals surface area (Å²) >= 11 is 0. The van der Waals surface area contributed by atoms with Crippen molar-refractivity contribution in [2.75, 3.05) is 39.8 Å². The van der Waals surface area contributed by atoms with Crippen LogP contribution in [0.4, 0.5) is 0 Å². The van der Waals surface area contributed by atoms with Crippen LogP contribution in [0.1, 0.15) is 38.5 Å². The molecule has 2 aliphatic carbocycles. The maximum atomic E-state index is 12.6. The normalized spacial score (nSPS) is 29.1. The van der Waals surface area contributed by atoms with Crippen molar-refractivity contribution in [1.29, 1.82) is 0 Å². The van der Waals surface area contributed by atoms with Gasteiger partial charge in [-0.25, -0.2) is 0 Å². The highest BCUT2D eigenvalue weighted by atomic mass is 16.5. The molecule has 1 spiro atoms. The van der Waals surface area contributed by atoms with Crippen molar-refractivity contribution in [2.45, 2.75) is 50.2 Å². The van der Waals surface area contributed by atoms with Crippen LogP contribution in [0.25, 0.3) is 0 Å². The number of likely N-dealkylation sites (tertiary alicyclic amines) is 1. The molecule has 0 aromatic carbocycles. The SMILES string of the molecule is CNC(=O)[C@H]1COC2(CN(C(=O)C3=CCCCC3)C2)CN1CC1CC1. The average Bonchev–Trinajstić information content (AvgIpc) is 3.43. The van der Waals surface area contributed by atoms with E-state index in [1.54, 1.807) is 7.05 Å². The zero-order valence-electron chi connectivity index (χ0n) is 15.1. The number of hydrogen-bond acceptors (Lipinski definition) is 4. The minimum Gasteiger partial charge on any atom is -0.368 e. The van der Waals surface area contributed by atoms with E-state index >= 15 is 0 Å². The second-order valence-corrected chi connectivity index (χ2v) is 8.13. The van der Waals surface area contributed by atoms with Crippen molar-refractivity contribution in [1.82, 2.24) is 15.1 Å². The summed E-state index contributed by atoms with van der Waals surface area (Å²) in [5.74, 6) is 0.957. The molecule has 138 valence electrons. The average molecular weight is 347 g/mol. The van der Waals surface area contributed by atoms with E-state index in [1.807, 2.05) is 4.90 Å². The zero-order valence-corrected chi connectivity index (χ0v) is 15.1. The molecule has 6 nitrogen and oxygen atoms in total. The fraction of sp³-hybridized carbons (Fsp3) is 0.789. The largest absolute Gasteiger partial charge is 0.368 e. The Kier molecular flexibility index (Phi) is 4.58. The highest BCUT2D eigenvalue weighted by molar-refractivity contribution is 5.94. The van der Waals surface area contributed by atoms with Crippen LogP contribution in [-0.2, 0) is 14.3 Å². The van der Waals surface area contributed by atoms with Gasteiger partial charge in [-0.3, -0.25) is 14.5 Å². The number of amides is 2. The Morgan fingerprint density at radius 2 is 2.08 bits per heavy atom. The fourth-order valence-electron chi connectivity index (χ4n) is 4.34. The second-order valence-electron chi connectivity index (χ2n) is 8.13. The maximum Gasteiger partial charge on any atom is 0.249 e. The topological polar surface area (TPSA) is 61.9 Å². The Hall–Kier alpha value is -1.40. The summed E-state index contributed by atoms with van der Waals surface area (Å²) in [5.41, 5.74) is 0.708. The minimum atomic E-state index is -0.274. The molecule has 2 aliphatic heterocycles. The molecule has 0 bridgehead atoms. The summed E-state index contributed by atoms with van der Waals surface area (Å²) < 4.78 is 6.12. The van der Waals surface area contributed by atoms with E-state index in [2.05, 4.69) is 16.3 Å². The summed E-state index contributed by atoms with van der Waals surface area (Å²) in [5, 5.41) is 2.76. The smallest absolute Gasteiger partial charge is 0.249 e. The minimum absolute atomic E-state index is 0.0371. The monoisotopic (exact) mass is 347 g/mol. The van der Waals surface area contributed by atoms with Crippen LogP contribution in [-0.4, -0.2) is 73.1 Å². The number of rotatable bonds is 4. The molecule has 2 amide bonds. The summed E-state index contributed by atoms with van der Waals surface area (Å²) in [6, 6.07) is -0.193. The molecule has 1 N–H and O–H groups in total. The predicted octanol–water partition coefficient (Wildman–Crippen LogP) is 0.925. The van der Waals surface area contributed by atoms with E-state index < -0.39 is 0 Å². The van der Waals surface area contributed by atoms with Crippen molar-refractivity contribution in [3.63, 3.8) is 0 Å². The van der Waals surface area contributed by atoms with Gasteiger partial charge in [-0.2, -0.15) is 0 Å². The van der Waals surface area contributed by atoms with Gasteiger partial charge in [-0.05, 0) is 44.4 Å². The van der Waals surface area contributed by atoms with Crippen LogP contribution < -0.4 is 5.32 Å². The molecule has 1 atom stereocenters. The number of likely N-dealkylation sites (N-methyl/N-ethyl adjacent to an activating group) is 1. The molecule has 0 aromatic heterocycles. The van der Waals surface area contributed by atoms with Gasteiger partial charge in [0.15, 0.2) is 0 Å². The van der Waals surface area contributed by atoms with E-state index in [0.717, 1.165) is 43.8 Å². The first-order valence-electron chi connectivity index (χ1n) is 9.68. The van der Waals surface area contributed by atoms with E-state index in [0.29, 0.717) is 19.7 Å². The van der Waals surface area contributed by atoms with E-state index in [9.17, 15) is 9.59 Å². The number of nitrogens with one attached hydrogen (secondary N) is 1. The Morgan fingerprint density at radius 3 is 2.72 bits per heavy atom. The molecule has 0 aromatic rings. The van der Waals surface area contributed by atoms with Crippen LogP contribution in [0.2, 0.25) is 0 Å². The highest BCUT2D eigenvalue weighted by Gasteiger charge is 2.52. The van der Waals surface area contributed by atoms with Crippen molar-refractivity contribution in [3.05, 3.63) is 11.6 Å². The molecule has 1 saturated carbocycles. The number of hydrogen-bond donors (Lipinski definition) is 1. The highest BCUT2D eigenvalue weighted by Crippen LogP contribution is 2.36. The third-order valence-electron chi connectivity index (χ3n) is 6.03. The summed E-state index contributed by atoms with van der Waals surface area (Å²) in [6.45, 7) is 3.47. The van der Waals surface area contributed by atoms with E-state index in [4.69, 9.17) is 4.74 Å². The lowest BCUT2D eigenvalue weighted by Crippen LogP contribution is -2.73. The first-order valence-corrected chi connectivity index (χ1v) is 9.68. The number of carbonyl (C=O) groups is 2. The first-order chi connectivity index (χ1) is 12.1. The van der Waals surface area contributed by atoms with Gasteiger partial charge in [-0.1, -0.05) is 6.08 Å². The van der Waals surface area contributed by atoms with Crippen LogP contribution in [0.5, 0.6) is 0 Å². The van der Waals surface area contributed by atoms with Gasteiger partial charge < -0.3 is 15.0 Å². The van der Waals surface area contributed by atoms with Gasteiger partial charge in [0.1, 0.15) is 11.6 Å². The van der Waals surface area contributed by atoms with Crippen molar-refractivity contribution < 1.29 is 14.3 Å². The van der Waals surface area contributed by atoms with Crippen molar-refractivity contribution >= 4 is 11.8 Å². The summed E-state index contributed by atoms with van der Waals surface area (Å²) in [6.07, 6.45) is 8.90. The summed E-state index contributed by atoms with van der Waals surface area (Å²) in [7, 11) is 1.68. The van der Waals surface area contributed by atoms with Crippen LogP contribution >= 0.6 is 0 Å². The lowest BCUT2D eigenvalue weighted by atomic mass is 9.88. The molecule has 4 rings (SSSR count). The van der Waals surface area contributed by atoms with Gasteiger partial charge in [0.25, 0.3) is 0 Å². The van der Waals surface area contributed by atoms with Crippen LogP contribution in [0.3, 0.4) is 0 Å². The molecule has 4 aliphatic rings. The van der Waals surface area contributed by atoms with Crippen LogP contribution in [0, 0.1) is 5.92 Å². The third-order valence-corrected chi connectivity index (χ3v) is 6.03. The molecule has 2 heterocycles. The van der Waals surface area contributed by atoms with Gasteiger partial charge in [0.2, 0.25) is 11.8 Å². The molecule has 3 fully saturated rings. The Morgan fingerprint density at radius 1 is 1.28 bits per heavy atom. The molecular weight excluding hydrogens is 318 g/mol.